The summed E-state index contributed by atoms with van der Waals surface area (Å²) in [6.07, 6.45) is 1.48. The number of carbonyl (C=O) groups excluding carboxylic acids is 2. The first-order valence-electron chi connectivity index (χ1n) is 9.99. The Morgan fingerprint density at radius 3 is 2.58 bits per heavy atom. The van der Waals surface area contributed by atoms with E-state index in [0.717, 1.165) is 5.56 Å². The van der Waals surface area contributed by atoms with Crippen molar-refractivity contribution in [3.8, 4) is 11.5 Å². The molecule has 33 heavy (non-hydrogen) atoms. The second-order valence-electron chi connectivity index (χ2n) is 7.38. The summed E-state index contributed by atoms with van der Waals surface area (Å²) in [4.78, 5) is 34.9. The van der Waals surface area contributed by atoms with Gasteiger partial charge in [-0.15, -0.1) is 0 Å². The van der Waals surface area contributed by atoms with Crippen LogP contribution in [0.5, 0.6) is 11.5 Å². The van der Waals surface area contributed by atoms with E-state index in [0.29, 0.717) is 33.8 Å². The molecule has 0 radical (unpaired) electrons. The number of ether oxygens (including phenoxy) is 3. The normalized spacial score (nSPS) is 13.4. The number of benzene rings is 3. The number of ketones is 1. The summed E-state index contributed by atoms with van der Waals surface area (Å²) in [7, 11) is 1.33. The van der Waals surface area contributed by atoms with Crippen molar-refractivity contribution in [2.45, 2.75) is 13.5 Å². The fourth-order valence-corrected chi connectivity index (χ4v) is 3.46. The molecular formula is C25H19NO7. The first-order chi connectivity index (χ1) is 15.9. The lowest BCUT2D eigenvalue weighted by Crippen LogP contribution is -2.02. The Bertz CT molecular complexity index is 1290. The highest BCUT2D eigenvalue weighted by Gasteiger charge is 2.30. The molecule has 0 unspecified atom stereocenters. The third kappa shape index (κ3) is 4.59. The van der Waals surface area contributed by atoms with Gasteiger partial charge in [0.15, 0.2) is 5.76 Å². The molecule has 1 aliphatic heterocycles. The number of allylic oxidation sites excluding steroid dienone is 1. The second kappa shape index (κ2) is 8.96. The third-order valence-corrected chi connectivity index (χ3v) is 5.10. The van der Waals surface area contributed by atoms with Crippen LogP contribution in [0.1, 0.15) is 37.4 Å². The Hall–Kier alpha value is -4.46. The van der Waals surface area contributed by atoms with Crippen LogP contribution < -0.4 is 9.47 Å². The average molecular weight is 445 g/mol. The molecule has 4 rings (SSSR count). The summed E-state index contributed by atoms with van der Waals surface area (Å²) in [6.45, 7) is 2.04. The van der Waals surface area contributed by atoms with Crippen molar-refractivity contribution >= 4 is 23.5 Å². The van der Waals surface area contributed by atoms with E-state index in [1.807, 2.05) is 0 Å². The number of methoxy groups -OCH3 is 1. The molecule has 3 aromatic carbocycles. The van der Waals surface area contributed by atoms with Crippen LogP contribution in [0.4, 0.5) is 5.69 Å². The number of hydrogen-bond acceptors (Lipinski definition) is 7. The number of Topliss-reactive ketones (excluding diaryl/α,β-unsaturated/α-hetero) is 1. The standard InChI is InChI=1S/C25H19NO7/c1-15-10-20(32-14-16-6-8-18(9-7-16)25(28)31-2)13-21-23(15)24(27)22(33-21)12-17-4-3-5-19(11-17)26(29)30/h3-13H,14H2,1-2H3/b22-12-. The number of nitro groups is 1. The summed E-state index contributed by atoms with van der Waals surface area (Å²) < 4.78 is 16.3. The summed E-state index contributed by atoms with van der Waals surface area (Å²) >= 11 is 0. The highest BCUT2D eigenvalue weighted by atomic mass is 16.6. The summed E-state index contributed by atoms with van der Waals surface area (Å²) in [5.74, 6) is 0.274. The van der Waals surface area contributed by atoms with Crippen molar-refractivity contribution in [3.05, 3.63) is 104 Å². The van der Waals surface area contributed by atoms with E-state index in [-0.39, 0.29) is 23.8 Å². The molecular weight excluding hydrogens is 426 g/mol. The predicted octanol–water partition coefficient (Wildman–Crippen LogP) is 4.89. The molecule has 0 aromatic heterocycles. The van der Waals surface area contributed by atoms with Crippen LogP contribution in [0.2, 0.25) is 0 Å². The quantitative estimate of drug-likeness (QED) is 0.230. The van der Waals surface area contributed by atoms with Crippen LogP contribution in [0, 0.1) is 17.0 Å². The van der Waals surface area contributed by atoms with Gasteiger partial charge in [0, 0.05) is 18.2 Å². The van der Waals surface area contributed by atoms with E-state index in [1.165, 1.54) is 25.3 Å². The number of carbonyl (C=O) groups is 2. The molecule has 8 heteroatoms. The predicted molar refractivity (Wildman–Crippen MR) is 119 cm³/mol. The molecule has 1 heterocycles. The van der Waals surface area contributed by atoms with E-state index in [2.05, 4.69) is 4.74 Å². The molecule has 8 nitrogen and oxygen atoms in total. The van der Waals surface area contributed by atoms with Crippen molar-refractivity contribution < 1.29 is 28.7 Å². The van der Waals surface area contributed by atoms with Crippen molar-refractivity contribution in [2.75, 3.05) is 7.11 Å². The minimum absolute atomic E-state index is 0.0706. The Labute approximate surface area is 189 Å². The lowest BCUT2D eigenvalue weighted by molar-refractivity contribution is -0.384. The molecule has 0 spiro atoms. The van der Waals surface area contributed by atoms with Crippen LogP contribution in [0.3, 0.4) is 0 Å². The van der Waals surface area contributed by atoms with Crippen molar-refractivity contribution in [2.24, 2.45) is 0 Å². The van der Waals surface area contributed by atoms with Crippen LogP contribution >= 0.6 is 0 Å². The van der Waals surface area contributed by atoms with Crippen LogP contribution in [0.25, 0.3) is 6.08 Å². The van der Waals surface area contributed by atoms with Crippen molar-refractivity contribution in [1.29, 1.82) is 0 Å². The highest BCUT2D eigenvalue weighted by Crippen LogP contribution is 2.37. The Morgan fingerprint density at radius 2 is 1.88 bits per heavy atom. The maximum atomic E-state index is 12.8. The summed E-state index contributed by atoms with van der Waals surface area (Å²) in [5.41, 5.74) is 2.84. The molecule has 166 valence electrons. The number of non-ortho nitro benzene ring substituents is 1. The van der Waals surface area contributed by atoms with Crippen molar-refractivity contribution in [1.82, 2.24) is 0 Å². The Balaban J connectivity index is 1.51. The fourth-order valence-electron chi connectivity index (χ4n) is 3.46. The lowest BCUT2D eigenvalue weighted by atomic mass is 10.0. The lowest BCUT2D eigenvalue weighted by Gasteiger charge is -2.09. The van der Waals surface area contributed by atoms with E-state index in [9.17, 15) is 19.7 Å². The minimum atomic E-state index is -0.495. The van der Waals surface area contributed by atoms with Gasteiger partial charge >= 0.3 is 5.97 Å². The molecule has 0 fully saturated rings. The Morgan fingerprint density at radius 1 is 1.12 bits per heavy atom. The number of fused-ring (bicyclic) bond motifs is 1. The van der Waals surface area contributed by atoms with E-state index >= 15 is 0 Å². The number of hydrogen-bond donors (Lipinski definition) is 0. The molecule has 0 amide bonds. The highest BCUT2D eigenvalue weighted by molar-refractivity contribution is 6.15. The first-order valence-corrected chi connectivity index (χ1v) is 9.99. The summed E-state index contributed by atoms with van der Waals surface area (Å²) in [6, 6.07) is 16.2. The number of rotatable bonds is 6. The monoisotopic (exact) mass is 445 g/mol. The van der Waals surface area contributed by atoms with Crippen LogP contribution in [-0.4, -0.2) is 23.8 Å². The van der Waals surface area contributed by atoms with Gasteiger partial charge in [-0.2, -0.15) is 0 Å². The molecule has 0 aliphatic carbocycles. The van der Waals surface area contributed by atoms with Gasteiger partial charge in [-0.1, -0.05) is 24.3 Å². The van der Waals surface area contributed by atoms with Gasteiger partial charge in [-0.05, 0) is 47.9 Å². The zero-order valence-corrected chi connectivity index (χ0v) is 17.9. The third-order valence-electron chi connectivity index (χ3n) is 5.10. The SMILES string of the molecule is COC(=O)c1ccc(COc2cc(C)c3c(c2)O/C(=C\c2cccc([N+](=O)[O-])c2)C3=O)cc1. The van der Waals surface area contributed by atoms with Gasteiger partial charge in [-0.25, -0.2) is 4.79 Å². The van der Waals surface area contributed by atoms with Gasteiger partial charge < -0.3 is 14.2 Å². The molecule has 0 bridgehead atoms. The van der Waals surface area contributed by atoms with Gasteiger partial charge in [0.2, 0.25) is 5.78 Å². The maximum Gasteiger partial charge on any atom is 0.337 e. The molecule has 0 N–H and O–H groups in total. The molecule has 3 aromatic rings. The van der Waals surface area contributed by atoms with E-state index in [4.69, 9.17) is 9.47 Å². The Kier molecular flexibility index (Phi) is 5.91. The zero-order chi connectivity index (χ0) is 23.5. The zero-order valence-electron chi connectivity index (χ0n) is 17.9. The molecule has 1 aliphatic rings. The van der Waals surface area contributed by atoms with Crippen LogP contribution in [-0.2, 0) is 11.3 Å². The topological polar surface area (TPSA) is 105 Å². The van der Waals surface area contributed by atoms with Crippen molar-refractivity contribution in [3.63, 3.8) is 0 Å². The average Bonchev–Trinajstić information content (AvgIpc) is 3.13. The van der Waals surface area contributed by atoms with Gasteiger partial charge in [-0.3, -0.25) is 14.9 Å². The van der Waals surface area contributed by atoms with Gasteiger partial charge in [0.05, 0.1) is 23.2 Å². The number of esters is 1. The minimum Gasteiger partial charge on any atom is -0.489 e. The van der Waals surface area contributed by atoms with Crippen LogP contribution in [0.15, 0.2) is 66.4 Å². The fraction of sp³-hybridized carbons (Fsp3) is 0.120. The number of nitro benzene ring substituents is 1. The summed E-state index contributed by atoms with van der Waals surface area (Å²) in [5, 5.41) is 11.0. The van der Waals surface area contributed by atoms with E-state index in [1.54, 1.807) is 55.5 Å². The molecule has 0 atom stereocenters. The first kappa shape index (κ1) is 21.8. The maximum absolute atomic E-state index is 12.8. The largest absolute Gasteiger partial charge is 0.489 e. The van der Waals surface area contributed by atoms with Gasteiger partial charge in [0.1, 0.15) is 18.1 Å². The molecule has 0 saturated carbocycles. The smallest absolute Gasteiger partial charge is 0.337 e. The van der Waals surface area contributed by atoms with Gasteiger partial charge in [0.25, 0.3) is 5.69 Å². The number of aryl methyl sites for hydroxylation is 1. The molecule has 0 saturated heterocycles. The van der Waals surface area contributed by atoms with E-state index < -0.39 is 10.9 Å². The second-order valence-corrected chi connectivity index (χ2v) is 7.38. The number of nitrogens with zero attached hydrogens (tertiary/aromatic N) is 1.